The van der Waals surface area contributed by atoms with Crippen LogP contribution in [-0.2, 0) is 19.1 Å². The van der Waals surface area contributed by atoms with Gasteiger partial charge in [-0.15, -0.1) is 0 Å². The van der Waals surface area contributed by atoms with Gasteiger partial charge in [0.1, 0.15) is 23.3 Å². The highest BCUT2D eigenvalue weighted by atomic mass is 16.6. The van der Waals surface area contributed by atoms with Crippen LogP contribution in [0.5, 0.6) is 0 Å². The molecule has 0 saturated carbocycles. The van der Waals surface area contributed by atoms with Crippen LogP contribution in [0, 0.1) is 0 Å². The molecule has 5 rings (SSSR count). The van der Waals surface area contributed by atoms with E-state index in [0.29, 0.717) is 61.3 Å². The van der Waals surface area contributed by atoms with E-state index in [0.717, 1.165) is 11.1 Å². The molecule has 2 heterocycles. The second kappa shape index (κ2) is 11.6. The molecule has 0 aromatic heterocycles. The summed E-state index contributed by atoms with van der Waals surface area (Å²) in [5.41, 5.74) is 1.87. The minimum atomic E-state index is -0.671. The summed E-state index contributed by atoms with van der Waals surface area (Å²) in [5, 5.41) is 5.73. The lowest BCUT2D eigenvalue weighted by Gasteiger charge is -2.28. The third-order valence-corrected chi connectivity index (χ3v) is 7.72. The van der Waals surface area contributed by atoms with Gasteiger partial charge in [0, 0.05) is 35.6 Å². The number of rotatable bonds is 4. The summed E-state index contributed by atoms with van der Waals surface area (Å²) >= 11 is 0. The van der Waals surface area contributed by atoms with E-state index in [4.69, 9.17) is 9.47 Å². The first-order chi connectivity index (χ1) is 20.6. The molecule has 11 heteroatoms. The Morgan fingerprint density at radius 2 is 1.05 bits per heavy atom. The molecular formula is C33H40N4O7. The summed E-state index contributed by atoms with van der Waals surface area (Å²) in [7, 11) is 0. The van der Waals surface area contributed by atoms with Crippen LogP contribution in [0.15, 0.2) is 36.4 Å². The molecule has 2 fully saturated rings. The normalized spacial score (nSPS) is 19.4. The van der Waals surface area contributed by atoms with Crippen molar-refractivity contribution in [3.05, 3.63) is 47.5 Å². The maximum absolute atomic E-state index is 13.5. The molecule has 2 aromatic rings. The number of nitrogens with one attached hydrogen (secondary N) is 2. The van der Waals surface area contributed by atoms with Crippen LogP contribution in [-0.4, -0.2) is 76.0 Å². The van der Waals surface area contributed by atoms with Gasteiger partial charge in [-0.1, -0.05) is 12.1 Å². The first-order valence-corrected chi connectivity index (χ1v) is 15.1. The Kier molecular flexibility index (Phi) is 8.17. The van der Waals surface area contributed by atoms with Crippen molar-refractivity contribution >= 4 is 41.2 Å². The van der Waals surface area contributed by atoms with Gasteiger partial charge in [-0.25, -0.2) is 9.59 Å². The Labute approximate surface area is 257 Å². The fourth-order valence-corrected chi connectivity index (χ4v) is 5.84. The Morgan fingerprint density at radius 1 is 0.659 bits per heavy atom. The van der Waals surface area contributed by atoms with E-state index in [1.54, 1.807) is 77.9 Å². The van der Waals surface area contributed by atoms with Crippen LogP contribution in [0.25, 0.3) is 11.1 Å². The molecule has 2 atom stereocenters. The highest BCUT2D eigenvalue weighted by molar-refractivity contribution is 6.23. The van der Waals surface area contributed by atoms with Crippen molar-refractivity contribution in [3.63, 3.8) is 0 Å². The molecule has 0 unspecified atom stereocenters. The SMILES string of the molecule is CC(C)(C)OC(=O)N1CCC[C@H]1C(=O)Nc1ccc2c(c1)C(=O)c1cc(NC(=O)[C@@H]3CCCN3C(=O)OC(C)(C)C)ccc1-2. The van der Waals surface area contributed by atoms with E-state index >= 15 is 0 Å². The van der Waals surface area contributed by atoms with Crippen molar-refractivity contribution in [1.82, 2.24) is 9.80 Å². The molecular weight excluding hydrogens is 564 g/mol. The van der Waals surface area contributed by atoms with Gasteiger partial charge in [-0.3, -0.25) is 24.2 Å². The largest absolute Gasteiger partial charge is 0.444 e. The van der Waals surface area contributed by atoms with Crippen molar-refractivity contribution in [2.75, 3.05) is 23.7 Å². The highest BCUT2D eigenvalue weighted by Gasteiger charge is 2.38. The first kappa shape index (κ1) is 31.0. The minimum absolute atomic E-state index is 0.227. The average molecular weight is 605 g/mol. The Bertz CT molecular complexity index is 1410. The number of nitrogens with zero attached hydrogens (tertiary/aromatic N) is 2. The lowest BCUT2D eigenvalue weighted by molar-refractivity contribution is -0.121. The summed E-state index contributed by atoms with van der Waals surface area (Å²) in [6.07, 6.45) is 1.37. The van der Waals surface area contributed by atoms with Gasteiger partial charge in [-0.2, -0.15) is 0 Å². The van der Waals surface area contributed by atoms with Gasteiger partial charge in [0.25, 0.3) is 0 Å². The Morgan fingerprint density at radius 3 is 1.41 bits per heavy atom. The maximum atomic E-state index is 13.5. The second-order valence-electron chi connectivity index (χ2n) is 13.5. The number of likely N-dealkylation sites (tertiary alicyclic amines) is 2. The Balaban J connectivity index is 1.26. The molecule has 1 aliphatic carbocycles. The molecule has 11 nitrogen and oxygen atoms in total. The Hall–Kier alpha value is -4.41. The van der Waals surface area contributed by atoms with E-state index in [9.17, 15) is 24.0 Å². The molecule has 4 amide bonds. The number of benzene rings is 2. The molecule has 2 aromatic carbocycles. The van der Waals surface area contributed by atoms with Crippen LogP contribution in [0.2, 0.25) is 0 Å². The average Bonchev–Trinajstić information content (AvgIpc) is 3.66. The van der Waals surface area contributed by atoms with Crippen LogP contribution in [0.1, 0.15) is 83.1 Å². The van der Waals surface area contributed by atoms with Crippen LogP contribution in [0.3, 0.4) is 0 Å². The highest BCUT2D eigenvalue weighted by Crippen LogP contribution is 2.39. The standard InChI is InChI=1S/C33H40N4O7/c1-32(2,3)43-30(41)36-15-7-9-25(36)28(39)34-19-11-13-21-22-14-12-20(18-24(22)27(38)23(21)17-19)35-29(40)26-10-8-16-37(26)31(42)44-33(4,5)6/h11-14,17-18,25-26H,7-10,15-16H2,1-6H3,(H,34,39)(H,35,40)/t25-,26-/m0/s1. The number of ether oxygens (including phenoxy) is 2. The van der Waals surface area contributed by atoms with Crippen molar-refractivity contribution in [2.45, 2.75) is 90.5 Å². The van der Waals surface area contributed by atoms with Gasteiger partial charge < -0.3 is 20.1 Å². The molecule has 2 saturated heterocycles. The van der Waals surface area contributed by atoms with Gasteiger partial charge in [0.15, 0.2) is 5.78 Å². The summed E-state index contributed by atoms with van der Waals surface area (Å²) < 4.78 is 10.9. The number of carbonyl (C=O) groups is 5. The van der Waals surface area contributed by atoms with Crippen LogP contribution < -0.4 is 10.6 Å². The third-order valence-electron chi connectivity index (χ3n) is 7.72. The van der Waals surface area contributed by atoms with Crippen LogP contribution in [0.4, 0.5) is 21.0 Å². The third kappa shape index (κ3) is 6.56. The van der Waals surface area contributed by atoms with Gasteiger partial charge in [-0.05, 0) is 103 Å². The number of fused-ring (bicyclic) bond motifs is 3. The smallest absolute Gasteiger partial charge is 0.410 e. The summed E-state index contributed by atoms with van der Waals surface area (Å²) in [5.74, 6) is -0.906. The quantitative estimate of drug-likeness (QED) is 0.397. The summed E-state index contributed by atoms with van der Waals surface area (Å²) in [6.45, 7) is 11.5. The van der Waals surface area contributed by atoms with Crippen molar-refractivity contribution in [2.24, 2.45) is 0 Å². The predicted molar refractivity (Wildman–Crippen MR) is 164 cm³/mol. The van der Waals surface area contributed by atoms with E-state index in [2.05, 4.69) is 10.6 Å². The lowest BCUT2D eigenvalue weighted by Crippen LogP contribution is -2.45. The van der Waals surface area contributed by atoms with Gasteiger partial charge >= 0.3 is 12.2 Å². The fraction of sp³-hybridized carbons (Fsp3) is 0.485. The molecule has 2 aliphatic heterocycles. The van der Waals surface area contributed by atoms with Crippen molar-refractivity contribution in [3.8, 4) is 11.1 Å². The molecule has 0 spiro atoms. The maximum Gasteiger partial charge on any atom is 0.410 e. The molecule has 0 radical (unpaired) electrons. The number of carbonyl (C=O) groups excluding carboxylic acids is 5. The van der Waals surface area contributed by atoms with Crippen LogP contribution >= 0.6 is 0 Å². The summed E-state index contributed by atoms with van der Waals surface area (Å²) in [6, 6.07) is 8.97. The second-order valence-corrected chi connectivity index (χ2v) is 13.5. The zero-order valence-electron chi connectivity index (χ0n) is 26.1. The van der Waals surface area contributed by atoms with Gasteiger partial charge in [0.05, 0.1) is 0 Å². The number of hydrogen-bond acceptors (Lipinski definition) is 7. The molecule has 3 aliphatic rings. The number of amides is 4. The topological polar surface area (TPSA) is 134 Å². The van der Waals surface area contributed by atoms with E-state index in [-0.39, 0.29) is 17.6 Å². The number of ketones is 1. The number of hydrogen-bond donors (Lipinski definition) is 2. The molecule has 2 N–H and O–H groups in total. The van der Waals surface area contributed by atoms with Gasteiger partial charge in [0.2, 0.25) is 11.8 Å². The fourth-order valence-electron chi connectivity index (χ4n) is 5.84. The molecule has 234 valence electrons. The van der Waals surface area contributed by atoms with E-state index in [1.807, 2.05) is 0 Å². The monoisotopic (exact) mass is 604 g/mol. The van der Waals surface area contributed by atoms with Crippen molar-refractivity contribution < 1.29 is 33.4 Å². The summed E-state index contributed by atoms with van der Waals surface area (Å²) in [4.78, 5) is 68.0. The minimum Gasteiger partial charge on any atom is -0.444 e. The van der Waals surface area contributed by atoms with Crippen molar-refractivity contribution in [1.29, 1.82) is 0 Å². The first-order valence-electron chi connectivity index (χ1n) is 15.1. The lowest BCUT2D eigenvalue weighted by atomic mass is 10.0. The van der Waals surface area contributed by atoms with E-state index < -0.39 is 35.5 Å². The molecule has 0 bridgehead atoms. The number of anilines is 2. The van der Waals surface area contributed by atoms with E-state index in [1.165, 1.54) is 9.80 Å². The predicted octanol–water partition coefficient (Wildman–Crippen LogP) is 5.57. The zero-order valence-corrected chi connectivity index (χ0v) is 26.1. The zero-order chi connectivity index (χ0) is 32.0. The molecule has 44 heavy (non-hydrogen) atoms.